The highest BCUT2D eigenvalue weighted by Gasteiger charge is 2.34. The number of rotatable bonds is 3. The van der Waals surface area contributed by atoms with Gasteiger partial charge in [-0.2, -0.15) is 0 Å². The number of hydrogen-bond acceptors (Lipinski definition) is 5. The van der Waals surface area contributed by atoms with Gasteiger partial charge in [0.15, 0.2) is 0 Å². The third-order valence-corrected chi connectivity index (χ3v) is 4.63. The summed E-state index contributed by atoms with van der Waals surface area (Å²) in [7, 11) is 0. The topological polar surface area (TPSA) is 108 Å². The van der Waals surface area contributed by atoms with Crippen LogP contribution in [0.5, 0.6) is 11.5 Å². The molecule has 0 aromatic heterocycles. The van der Waals surface area contributed by atoms with E-state index >= 15 is 0 Å². The van der Waals surface area contributed by atoms with Crippen LogP contribution in [0, 0.1) is 0 Å². The van der Waals surface area contributed by atoms with Crippen molar-refractivity contribution in [3.05, 3.63) is 31.8 Å². The summed E-state index contributed by atoms with van der Waals surface area (Å²) >= 11 is 6.24. The average molecular weight is 450 g/mol. The molecule has 1 aliphatic rings. The summed E-state index contributed by atoms with van der Waals surface area (Å²) in [5.74, 6) is -1.08. The van der Waals surface area contributed by atoms with Crippen molar-refractivity contribution >= 4 is 43.9 Å². The summed E-state index contributed by atoms with van der Waals surface area (Å²) in [6, 6.07) is -0.00524. The van der Waals surface area contributed by atoms with Crippen LogP contribution in [-0.2, 0) is 9.53 Å². The Balaban J connectivity index is 2.62. The molecule has 1 aliphatic heterocycles. The summed E-state index contributed by atoms with van der Waals surface area (Å²) in [6.45, 7) is 3.41. The number of ether oxygens (including phenoxy) is 1. The highest BCUT2D eigenvalue weighted by Crippen LogP contribution is 2.45. The number of amides is 2. The molecule has 7 nitrogen and oxygen atoms in total. The first-order valence-corrected chi connectivity index (χ1v) is 8.21. The second kappa shape index (κ2) is 6.79. The molecule has 1 aromatic rings. The molecule has 9 heteroatoms. The average Bonchev–Trinajstić information content (AvgIpc) is 2.48. The molecule has 0 spiro atoms. The van der Waals surface area contributed by atoms with E-state index in [1.165, 1.54) is 6.07 Å². The lowest BCUT2D eigenvalue weighted by Crippen LogP contribution is -2.45. The summed E-state index contributed by atoms with van der Waals surface area (Å²) in [5, 5.41) is 25.2. The summed E-state index contributed by atoms with van der Waals surface area (Å²) in [5.41, 5.74) is 0.738. The lowest BCUT2D eigenvalue weighted by Gasteiger charge is -2.29. The normalized spacial score (nSPS) is 17.6. The van der Waals surface area contributed by atoms with Crippen molar-refractivity contribution in [3.63, 3.8) is 0 Å². The van der Waals surface area contributed by atoms with Gasteiger partial charge in [-0.15, -0.1) is 0 Å². The third-order valence-electron chi connectivity index (χ3n) is 3.27. The number of carbonyl (C=O) groups excluding carboxylic acids is 2. The fourth-order valence-electron chi connectivity index (χ4n) is 2.24. The lowest BCUT2D eigenvalue weighted by atomic mass is 9.94. The number of carbonyl (C=O) groups is 2. The number of hydrogen-bond donors (Lipinski definition) is 4. The van der Waals surface area contributed by atoms with Crippen LogP contribution in [0.15, 0.2) is 26.3 Å². The third kappa shape index (κ3) is 3.30. The Morgan fingerprint density at radius 1 is 1.35 bits per heavy atom. The zero-order chi connectivity index (χ0) is 17.3. The first-order chi connectivity index (χ1) is 10.8. The van der Waals surface area contributed by atoms with Gasteiger partial charge in [-0.25, -0.2) is 9.59 Å². The van der Waals surface area contributed by atoms with E-state index in [1.54, 1.807) is 13.8 Å². The number of halogens is 2. The highest BCUT2D eigenvalue weighted by atomic mass is 79.9. The van der Waals surface area contributed by atoms with Crippen LogP contribution in [0.2, 0.25) is 0 Å². The van der Waals surface area contributed by atoms with Crippen LogP contribution in [0.25, 0.3) is 0 Å². The van der Waals surface area contributed by atoms with Crippen LogP contribution in [0.1, 0.15) is 25.5 Å². The van der Waals surface area contributed by atoms with E-state index in [4.69, 9.17) is 4.74 Å². The maximum absolute atomic E-state index is 12.2. The number of phenols is 2. The van der Waals surface area contributed by atoms with E-state index in [9.17, 15) is 19.8 Å². The molecule has 2 rings (SSSR count). The molecule has 0 radical (unpaired) electrons. The molecule has 1 heterocycles. The van der Waals surface area contributed by atoms with E-state index in [2.05, 4.69) is 42.5 Å². The predicted molar refractivity (Wildman–Crippen MR) is 88.9 cm³/mol. The number of phenolic OH excluding ortho intramolecular Hbond substituents is 2. The van der Waals surface area contributed by atoms with E-state index < -0.39 is 18.0 Å². The zero-order valence-electron chi connectivity index (χ0n) is 12.2. The van der Waals surface area contributed by atoms with Crippen molar-refractivity contribution in [2.45, 2.75) is 19.9 Å². The molecule has 0 saturated heterocycles. The van der Waals surface area contributed by atoms with Gasteiger partial charge in [-0.1, -0.05) is 0 Å². The van der Waals surface area contributed by atoms with Gasteiger partial charge in [-0.05, 0) is 51.8 Å². The molecule has 0 aliphatic carbocycles. The molecule has 1 unspecified atom stereocenters. The van der Waals surface area contributed by atoms with Crippen LogP contribution in [-0.4, -0.2) is 28.8 Å². The van der Waals surface area contributed by atoms with E-state index in [1.807, 2.05) is 0 Å². The van der Waals surface area contributed by atoms with Crippen molar-refractivity contribution in [2.24, 2.45) is 0 Å². The van der Waals surface area contributed by atoms with E-state index in [0.717, 1.165) is 0 Å². The Kier molecular flexibility index (Phi) is 5.20. The van der Waals surface area contributed by atoms with Gasteiger partial charge in [-0.3, -0.25) is 0 Å². The minimum atomic E-state index is -0.920. The smallest absolute Gasteiger partial charge is 0.338 e. The minimum absolute atomic E-state index is 0.0514. The summed E-state index contributed by atoms with van der Waals surface area (Å²) in [6.07, 6.45) is 0. The summed E-state index contributed by atoms with van der Waals surface area (Å²) < 4.78 is 5.37. The quantitative estimate of drug-likeness (QED) is 0.530. The molecular weight excluding hydrogens is 436 g/mol. The number of urea groups is 1. The van der Waals surface area contributed by atoms with Crippen LogP contribution in [0.4, 0.5) is 4.79 Å². The first-order valence-electron chi connectivity index (χ1n) is 6.63. The molecule has 0 fully saturated rings. The fraction of sp³-hybridized carbons (Fsp3) is 0.286. The maximum atomic E-state index is 12.2. The molecule has 124 valence electrons. The Morgan fingerprint density at radius 3 is 2.61 bits per heavy atom. The standard InChI is InChI=1S/C14H14Br2N2O5/c1-3-23-13(21)8-5(2)17-14(22)18-10(8)6-4-7(15)12(20)9(16)11(6)19/h4,10,19-20H,3H2,1-2H3,(H2,17,18,22). The molecule has 23 heavy (non-hydrogen) atoms. The van der Waals surface area contributed by atoms with E-state index in [0.29, 0.717) is 10.2 Å². The first kappa shape index (κ1) is 17.6. The molecular formula is C14H14Br2N2O5. The van der Waals surface area contributed by atoms with Crippen molar-refractivity contribution in [1.82, 2.24) is 10.6 Å². The van der Waals surface area contributed by atoms with Gasteiger partial charge in [0.1, 0.15) is 16.0 Å². The minimum Gasteiger partial charge on any atom is -0.506 e. The molecule has 1 aromatic carbocycles. The van der Waals surface area contributed by atoms with Crippen LogP contribution < -0.4 is 10.6 Å². The Hall–Kier alpha value is -1.74. The number of nitrogens with one attached hydrogen (secondary N) is 2. The Bertz CT molecular complexity index is 718. The van der Waals surface area contributed by atoms with Crippen LogP contribution >= 0.6 is 31.9 Å². The second-order valence-electron chi connectivity index (χ2n) is 4.75. The molecule has 4 N–H and O–H groups in total. The van der Waals surface area contributed by atoms with Crippen molar-refractivity contribution in [2.75, 3.05) is 6.61 Å². The van der Waals surface area contributed by atoms with Crippen LogP contribution in [0.3, 0.4) is 0 Å². The number of benzene rings is 1. The molecule has 2 amide bonds. The largest absolute Gasteiger partial charge is 0.506 e. The van der Waals surface area contributed by atoms with Gasteiger partial charge < -0.3 is 25.6 Å². The van der Waals surface area contributed by atoms with Gasteiger partial charge in [0.05, 0.1) is 22.7 Å². The monoisotopic (exact) mass is 448 g/mol. The molecule has 1 atom stereocenters. The molecule has 0 bridgehead atoms. The highest BCUT2D eigenvalue weighted by molar-refractivity contribution is 9.11. The van der Waals surface area contributed by atoms with Gasteiger partial charge in [0, 0.05) is 11.3 Å². The predicted octanol–water partition coefficient (Wildman–Crippen LogP) is 2.81. The Labute approximate surface area is 149 Å². The van der Waals surface area contributed by atoms with Crippen molar-refractivity contribution < 1.29 is 24.5 Å². The van der Waals surface area contributed by atoms with Crippen molar-refractivity contribution in [1.29, 1.82) is 0 Å². The number of aromatic hydroxyl groups is 2. The number of allylic oxidation sites excluding steroid dienone is 1. The summed E-state index contributed by atoms with van der Waals surface area (Å²) in [4.78, 5) is 24.0. The lowest BCUT2D eigenvalue weighted by molar-refractivity contribution is -0.139. The van der Waals surface area contributed by atoms with E-state index in [-0.39, 0.29) is 33.7 Å². The SMILES string of the molecule is CCOC(=O)C1=C(C)NC(=O)NC1c1cc(Br)c(O)c(Br)c1O. The second-order valence-corrected chi connectivity index (χ2v) is 6.40. The Morgan fingerprint density at radius 2 is 2.00 bits per heavy atom. The fourth-order valence-corrected chi connectivity index (χ4v) is 3.40. The number of esters is 1. The van der Waals surface area contributed by atoms with Crippen molar-refractivity contribution in [3.8, 4) is 11.5 Å². The van der Waals surface area contributed by atoms with Gasteiger partial charge in [0.25, 0.3) is 0 Å². The van der Waals surface area contributed by atoms with Gasteiger partial charge in [0.2, 0.25) is 0 Å². The zero-order valence-corrected chi connectivity index (χ0v) is 15.4. The molecule has 0 saturated carbocycles. The maximum Gasteiger partial charge on any atom is 0.338 e. The van der Waals surface area contributed by atoms with Gasteiger partial charge >= 0.3 is 12.0 Å².